The number of carbonyl (C=O) groups is 2. The van der Waals surface area contributed by atoms with Crippen molar-refractivity contribution in [1.29, 1.82) is 0 Å². The first-order valence-electron chi connectivity index (χ1n) is 6.92. The first kappa shape index (κ1) is 16.2. The lowest BCUT2D eigenvalue weighted by molar-refractivity contribution is -0.144. The molecule has 22 heavy (non-hydrogen) atoms. The first-order chi connectivity index (χ1) is 10.5. The Morgan fingerprint density at radius 2 is 1.91 bits per heavy atom. The van der Waals surface area contributed by atoms with Crippen LogP contribution in [0.3, 0.4) is 0 Å². The van der Waals surface area contributed by atoms with Gasteiger partial charge in [-0.3, -0.25) is 4.79 Å². The number of amides is 1. The predicted molar refractivity (Wildman–Crippen MR) is 85.7 cm³/mol. The molecule has 1 atom stereocenters. The van der Waals surface area contributed by atoms with Gasteiger partial charge in [0.25, 0.3) is 5.91 Å². The molecule has 0 aliphatic heterocycles. The van der Waals surface area contributed by atoms with Crippen LogP contribution in [0.25, 0.3) is 10.6 Å². The molecule has 0 aliphatic carbocycles. The van der Waals surface area contributed by atoms with Crippen LogP contribution in [0, 0.1) is 5.92 Å². The van der Waals surface area contributed by atoms with Crippen LogP contribution in [0.5, 0.6) is 0 Å². The highest BCUT2D eigenvalue weighted by Crippen LogP contribution is 2.23. The molecule has 0 spiro atoms. The van der Waals surface area contributed by atoms with E-state index in [0.717, 1.165) is 10.6 Å². The highest BCUT2D eigenvalue weighted by atomic mass is 32.1. The largest absolute Gasteiger partial charge is 0.467 e. The van der Waals surface area contributed by atoms with Crippen molar-refractivity contribution in [3.05, 3.63) is 41.4 Å². The van der Waals surface area contributed by atoms with Crippen molar-refractivity contribution in [3.63, 3.8) is 0 Å². The van der Waals surface area contributed by atoms with Gasteiger partial charge >= 0.3 is 5.97 Å². The minimum absolute atomic E-state index is 0.0661. The van der Waals surface area contributed by atoms with E-state index in [1.54, 1.807) is 5.38 Å². The highest BCUT2D eigenvalue weighted by Gasteiger charge is 2.26. The Bertz CT molecular complexity index is 652. The molecule has 1 N–H and O–H groups in total. The monoisotopic (exact) mass is 318 g/mol. The lowest BCUT2D eigenvalue weighted by Crippen LogP contribution is -2.45. The summed E-state index contributed by atoms with van der Waals surface area (Å²) in [6.45, 7) is 3.69. The summed E-state index contributed by atoms with van der Waals surface area (Å²) in [4.78, 5) is 28.3. The number of carbonyl (C=O) groups excluding carboxylic acids is 2. The zero-order valence-corrected chi connectivity index (χ0v) is 13.5. The van der Waals surface area contributed by atoms with Gasteiger partial charge < -0.3 is 10.1 Å². The van der Waals surface area contributed by atoms with Crippen LogP contribution in [0.4, 0.5) is 0 Å². The fourth-order valence-electron chi connectivity index (χ4n) is 1.93. The zero-order chi connectivity index (χ0) is 16.1. The van der Waals surface area contributed by atoms with Gasteiger partial charge in [-0.2, -0.15) is 0 Å². The molecule has 0 saturated carbocycles. The van der Waals surface area contributed by atoms with Crippen LogP contribution >= 0.6 is 11.3 Å². The maximum Gasteiger partial charge on any atom is 0.328 e. The van der Waals surface area contributed by atoms with Crippen LogP contribution < -0.4 is 5.32 Å². The van der Waals surface area contributed by atoms with E-state index in [0.29, 0.717) is 5.69 Å². The van der Waals surface area contributed by atoms with Gasteiger partial charge in [0.15, 0.2) is 0 Å². The van der Waals surface area contributed by atoms with Gasteiger partial charge in [-0.25, -0.2) is 9.78 Å². The number of hydrogen-bond acceptors (Lipinski definition) is 5. The molecule has 0 saturated heterocycles. The van der Waals surface area contributed by atoms with Crippen LogP contribution in [0.15, 0.2) is 35.7 Å². The third-order valence-corrected chi connectivity index (χ3v) is 4.06. The van der Waals surface area contributed by atoms with Gasteiger partial charge in [-0.1, -0.05) is 44.2 Å². The van der Waals surface area contributed by atoms with Crippen molar-refractivity contribution in [1.82, 2.24) is 10.3 Å². The summed E-state index contributed by atoms with van der Waals surface area (Å²) < 4.78 is 4.71. The summed E-state index contributed by atoms with van der Waals surface area (Å²) in [5.41, 5.74) is 1.26. The minimum atomic E-state index is -0.681. The molecule has 6 heteroatoms. The molecule has 2 rings (SSSR count). The molecule has 1 aromatic carbocycles. The fraction of sp³-hybridized carbons (Fsp3) is 0.312. The first-order valence-corrected chi connectivity index (χ1v) is 7.80. The number of thiazole rings is 1. The number of esters is 1. The summed E-state index contributed by atoms with van der Waals surface area (Å²) >= 11 is 1.39. The Hall–Kier alpha value is -2.21. The van der Waals surface area contributed by atoms with E-state index < -0.39 is 12.0 Å². The molecule has 1 amide bonds. The number of aromatic nitrogens is 1. The van der Waals surface area contributed by atoms with Crippen molar-refractivity contribution < 1.29 is 14.3 Å². The fourth-order valence-corrected chi connectivity index (χ4v) is 2.74. The van der Waals surface area contributed by atoms with Gasteiger partial charge in [-0.15, -0.1) is 11.3 Å². The van der Waals surface area contributed by atoms with Crippen molar-refractivity contribution in [3.8, 4) is 10.6 Å². The number of nitrogens with zero attached hydrogens (tertiary/aromatic N) is 1. The summed E-state index contributed by atoms with van der Waals surface area (Å²) in [6, 6.07) is 8.95. The topological polar surface area (TPSA) is 68.3 Å². The van der Waals surface area contributed by atoms with Gasteiger partial charge in [0.05, 0.1) is 7.11 Å². The van der Waals surface area contributed by atoms with Gasteiger partial charge in [-0.05, 0) is 5.92 Å². The smallest absolute Gasteiger partial charge is 0.328 e. The second kappa shape index (κ2) is 7.17. The number of hydrogen-bond donors (Lipinski definition) is 1. The standard InChI is InChI=1S/C16H18N2O3S/c1-10(2)13(16(20)21-3)18-14(19)12-9-22-15(17-12)11-7-5-4-6-8-11/h4-10,13H,1-3H3,(H,18,19). The minimum Gasteiger partial charge on any atom is -0.467 e. The molecular formula is C16H18N2O3S. The zero-order valence-electron chi connectivity index (χ0n) is 12.7. The number of benzene rings is 1. The van der Waals surface area contributed by atoms with E-state index in [1.807, 2.05) is 44.2 Å². The van der Waals surface area contributed by atoms with E-state index >= 15 is 0 Å². The lowest BCUT2D eigenvalue weighted by atomic mass is 10.0. The molecule has 2 aromatic rings. The maximum atomic E-state index is 12.2. The lowest BCUT2D eigenvalue weighted by Gasteiger charge is -2.19. The molecule has 116 valence electrons. The molecular weight excluding hydrogens is 300 g/mol. The van der Waals surface area contributed by atoms with Gasteiger partial charge in [0.2, 0.25) is 0 Å². The van der Waals surface area contributed by atoms with Crippen molar-refractivity contribution in [2.24, 2.45) is 5.92 Å². The van der Waals surface area contributed by atoms with Crippen molar-refractivity contribution in [2.45, 2.75) is 19.9 Å². The van der Waals surface area contributed by atoms with Crippen LogP contribution in [0.2, 0.25) is 0 Å². The molecule has 5 nitrogen and oxygen atoms in total. The van der Waals surface area contributed by atoms with Crippen molar-refractivity contribution in [2.75, 3.05) is 7.11 Å². The number of rotatable bonds is 5. The summed E-state index contributed by atoms with van der Waals surface area (Å²) in [6.07, 6.45) is 0. The number of ether oxygens (including phenoxy) is 1. The highest BCUT2D eigenvalue weighted by molar-refractivity contribution is 7.13. The summed E-state index contributed by atoms with van der Waals surface area (Å²) in [5.74, 6) is -0.895. The molecule has 0 fully saturated rings. The average molecular weight is 318 g/mol. The number of nitrogens with one attached hydrogen (secondary N) is 1. The second-order valence-electron chi connectivity index (χ2n) is 5.12. The van der Waals surface area contributed by atoms with Gasteiger partial charge in [0.1, 0.15) is 16.7 Å². The van der Waals surface area contributed by atoms with E-state index in [4.69, 9.17) is 4.74 Å². The Morgan fingerprint density at radius 1 is 1.23 bits per heavy atom. The van der Waals surface area contributed by atoms with Crippen LogP contribution in [0.1, 0.15) is 24.3 Å². The van der Waals surface area contributed by atoms with E-state index in [-0.39, 0.29) is 11.8 Å². The van der Waals surface area contributed by atoms with Crippen LogP contribution in [-0.2, 0) is 9.53 Å². The summed E-state index contributed by atoms with van der Waals surface area (Å²) in [5, 5.41) is 5.13. The Balaban J connectivity index is 2.13. The quantitative estimate of drug-likeness (QED) is 0.861. The molecule has 0 radical (unpaired) electrons. The van der Waals surface area contributed by atoms with Gasteiger partial charge in [0, 0.05) is 10.9 Å². The molecule has 1 unspecified atom stereocenters. The number of methoxy groups -OCH3 is 1. The Labute approximate surface area is 133 Å². The second-order valence-corrected chi connectivity index (χ2v) is 5.98. The normalized spacial score (nSPS) is 12.0. The maximum absolute atomic E-state index is 12.2. The Morgan fingerprint density at radius 3 is 2.50 bits per heavy atom. The molecule has 0 aliphatic rings. The third kappa shape index (κ3) is 3.71. The third-order valence-electron chi connectivity index (χ3n) is 3.17. The average Bonchev–Trinajstić information content (AvgIpc) is 3.02. The molecule has 1 aromatic heterocycles. The predicted octanol–water partition coefficient (Wildman–Crippen LogP) is 2.74. The van der Waals surface area contributed by atoms with Crippen molar-refractivity contribution >= 4 is 23.2 Å². The molecule has 1 heterocycles. The SMILES string of the molecule is COC(=O)C(NC(=O)c1csc(-c2ccccc2)n1)C(C)C. The van der Waals surface area contributed by atoms with E-state index in [2.05, 4.69) is 10.3 Å². The summed E-state index contributed by atoms with van der Waals surface area (Å²) in [7, 11) is 1.31. The van der Waals surface area contributed by atoms with E-state index in [1.165, 1.54) is 18.4 Å². The molecule has 0 bridgehead atoms. The Kier molecular flexibility index (Phi) is 5.27. The van der Waals surface area contributed by atoms with Crippen LogP contribution in [-0.4, -0.2) is 30.0 Å². The van der Waals surface area contributed by atoms with E-state index in [9.17, 15) is 9.59 Å².